The van der Waals surface area contributed by atoms with Gasteiger partial charge in [-0.15, -0.1) is 0 Å². The largest absolute Gasteiger partial charge is 0.481 e. The van der Waals surface area contributed by atoms with Gasteiger partial charge in [0.15, 0.2) is 0 Å². The molecule has 1 N–H and O–H groups in total. The molecule has 0 saturated carbocycles. The van der Waals surface area contributed by atoms with Crippen molar-refractivity contribution in [2.45, 2.75) is 12.8 Å². The Morgan fingerprint density at radius 1 is 1.64 bits per heavy atom. The third kappa shape index (κ3) is 2.47. The second-order valence-electron chi connectivity index (χ2n) is 2.54. The molecule has 0 radical (unpaired) electrons. The van der Waals surface area contributed by atoms with Crippen molar-refractivity contribution in [2.24, 2.45) is 0 Å². The number of carboxylic acids is 1. The van der Waals surface area contributed by atoms with E-state index in [-0.39, 0.29) is 15.7 Å². The number of pyridine rings is 1. The van der Waals surface area contributed by atoms with Gasteiger partial charge < -0.3 is 5.11 Å². The van der Waals surface area contributed by atoms with Crippen LogP contribution in [0.4, 0.5) is 8.78 Å². The number of hydrogen-bond acceptors (Lipinski definition) is 2. The van der Waals surface area contributed by atoms with E-state index in [2.05, 4.69) is 20.9 Å². The smallest absolute Gasteiger partial charge is 0.307 e. The van der Waals surface area contributed by atoms with Crippen molar-refractivity contribution in [3.05, 3.63) is 28.0 Å². The van der Waals surface area contributed by atoms with Crippen LogP contribution in [0.5, 0.6) is 0 Å². The van der Waals surface area contributed by atoms with Crippen molar-refractivity contribution in [3.8, 4) is 0 Å². The van der Waals surface area contributed by atoms with Crippen LogP contribution in [0.15, 0.2) is 16.9 Å². The lowest BCUT2D eigenvalue weighted by Crippen LogP contribution is -2.05. The van der Waals surface area contributed by atoms with Crippen molar-refractivity contribution in [2.75, 3.05) is 0 Å². The van der Waals surface area contributed by atoms with Crippen LogP contribution in [0.1, 0.15) is 17.6 Å². The fraction of sp³-hybridized carbons (Fsp3) is 0.250. The average molecular weight is 266 g/mol. The molecule has 1 aromatic heterocycles. The minimum atomic E-state index is -2.69. The summed E-state index contributed by atoms with van der Waals surface area (Å²) >= 11 is 2.94. The average Bonchev–Trinajstić information content (AvgIpc) is 2.07. The van der Waals surface area contributed by atoms with E-state index in [1.165, 1.54) is 6.20 Å². The summed E-state index contributed by atoms with van der Waals surface area (Å²) in [6.07, 6.45) is -1.95. The van der Waals surface area contributed by atoms with Crippen LogP contribution in [-0.4, -0.2) is 16.1 Å². The maximum Gasteiger partial charge on any atom is 0.307 e. The molecule has 0 bridgehead atoms. The topological polar surface area (TPSA) is 50.2 Å². The summed E-state index contributed by atoms with van der Waals surface area (Å²) in [5.41, 5.74) is -0.274. The summed E-state index contributed by atoms with van der Waals surface area (Å²) in [6.45, 7) is 0. The van der Waals surface area contributed by atoms with Gasteiger partial charge in [-0.25, -0.2) is 13.8 Å². The molecule has 3 nitrogen and oxygen atoms in total. The number of halogens is 3. The third-order valence-corrected chi connectivity index (χ3v) is 2.29. The molecule has 0 spiro atoms. The minimum absolute atomic E-state index is 0.0231. The van der Waals surface area contributed by atoms with Crippen LogP contribution in [-0.2, 0) is 11.2 Å². The number of aromatic nitrogens is 1. The quantitative estimate of drug-likeness (QED) is 0.854. The zero-order chi connectivity index (χ0) is 10.7. The molecule has 0 unspecified atom stereocenters. The van der Waals surface area contributed by atoms with Crippen LogP contribution in [0, 0.1) is 0 Å². The number of carboxylic acid groups (broad SMARTS) is 1. The lowest BCUT2D eigenvalue weighted by molar-refractivity contribution is -0.136. The Kier molecular flexibility index (Phi) is 3.51. The maximum atomic E-state index is 12.4. The highest BCUT2D eigenvalue weighted by molar-refractivity contribution is 9.10. The normalized spacial score (nSPS) is 10.6. The molecule has 0 atom stereocenters. The van der Waals surface area contributed by atoms with Gasteiger partial charge in [-0.1, -0.05) is 0 Å². The number of aliphatic carboxylic acids is 1. The number of nitrogens with zero attached hydrogens (tertiary/aromatic N) is 1. The number of carbonyl (C=O) groups is 1. The highest BCUT2D eigenvalue weighted by Gasteiger charge is 2.17. The first kappa shape index (κ1) is 11.0. The van der Waals surface area contributed by atoms with Crippen molar-refractivity contribution in [1.29, 1.82) is 0 Å². The fourth-order valence-electron chi connectivity index (χ4n) is 1.01. The lowest BCUT2D eigenvalue weighted by Gasteiger charge is -2.07. The Morgan fingerprint density at radius 3 is 2.79 bits per heavy atom. The standard InChI is InChI=1S/C8H6BrF2NO2/c9-7-5(3-6(13)14)4(8(10)11)1-2-12-7/h1-2,8H,3H2,(H,13,14). The molecular weight excluding hydrogens is 260 g/mol. The molecule has 0 aliphatic rings. The van der Waals surface area contributed by atoms with Crippen molar-refractivity contribution in [1.82, 2.24) is 4.98 Å². The summed E-state index contributed by atoms with van der Waals surface area (Å²) in [7, 11) is 0. The SMILES string of the molecule is O=C(O)Cc1c(C(F)F)ccnc1Br. The summed E-state index contributed by atoms with van der Waals surface area (Å²) in [5.74, 6) is -1.17. The summed E-state index contributed by atoms with van der Waals surface area (Å²) in [6, 6.07) is 1.12. The number of hydrogen-bond donors (Lipinski definition) is 1. The first-order valence-electron chi connectivity index (χ1n) is 3.65. The molecule has 0 aromatic carbocycles. The van der Waals surface area contributed by atoms with Gasteiger partial charge in [0, 0.05) is 17.3 Å². The van der Waals surface area contributed by atoms with Gasteiger partial charge >= 0.3 is 5.97 Å². The van der Waals surface area contributed by atoms with Crippen molar-refractivity contribution < 1.29 is 18.7 Å². The first-order chi connectivity index (χ1) is 6.52. The van der Waals surface area contributed by atoms with E-state index >= 15 is 0 Å². The van der Waals surface area contributed by atoms with Gasteiger partial charge in [0.2, 0.25) is 0 Å². The molecule has 0 aliphatic carbocycles. The zero-order valence-electron chi connectivity index (χ0n) is 6.88. The van der Waals surface area contributed by atoms with Crippen molar-refractivity contribution in [3.63, 3.8) is 0 Å². The monoisotopic (exact) mass is 265 g/mol. The van der Waals surface area contributed by atoms with E-state index in [0.29, 0.717) is 0 Å². The molecular formula is C8H6BrF2NO2. The Balaban J connectivity index is 3.15. The van der Waals surface area contributed by atoms with Gasteiger partial charge in [-0.2, -0.15) is 0 Å². The molecule has 0 aliphatic heterocycles. The minimum Gasteiger partial charge on any atom is -0.481 e. The molecule has 14 heavy (non-hydrogen) atoms. The van der Waals surface area contributed by atoms with Crippen molar-refractivity contribution >= 4 is 21.9 Å². The number of alkyl halides is 2. The molecule has 76 valence electrons. The predicted molar refractivity (Wildman–Crippen MR) is 48.2 cm³/mol. The molecule has 1 rings (SSSR count). The summed E-state index contributed by atoms with van der Waals surface area (Å²) < 4.78 is 25.0. The molecule has 1 aromatic rings. The van der Waals surface area contributed by atoms with Crippen LogP contribution < -0.4 is 0 Å². The second kappa shape index (κ2) is 4.45. The lowest BCUT2D eigenvalue weighted by atomic mass is 10.1. The van der Waals surface area contributed by atoms with Gasteiger partial charge in [0.25, 0.3) is 6.43 Å². The second-order valence-corrected chi connectivity index (χ2v) is 3.29. The summed E-state index contributed by atoms with van der Waals surface area (Å²) in [4.78, 5) is 14.1. The van der Waals surface area contributed by atoms with Gasteiger partial charge in [-0.3, -0.25) is 4.79 Å². The Labute approximate surface area is 86.9 Å². The van der Waals surface area contributed by atoms with E-state index in [9.17, 15) is 13.6 Å². The van der Waals surface area contributed by atoms with Crippen LogP contribution in [0.25, 0.3) is 0 Å². The third-order valence-electron chi connectivity index (χ3n) is 1.60. The number of rotatable bonds is 3. The predicted octanol–water partition coefficient (Wildman–Crippen LogP) is 2.41. The van der Waals surface area contributed by atoms with Gasteiger partial charge in [0.05, 0.1) is 6.42 Å². The van der Waals surface area contributed by atoms with Crippen LogP contribution in [0.2, 0.25) is 0 Å². The molecule has 0 amide bonds. The van der Waals surface area contributed by atoms with E-state index in [4.69, 9.17) is 5.11 Å². The van der Waals surface area contributed by atoms with E-state index in [1.54, 1.807) is 0 Å². The fourth-order valence-corrected chi connectivity index (χ4v) is 1.50. The van der Waals surface area contributed by atoms with Crippen LogP contribution >= 0.6 is 15.9 Å². The van der Waals surface area contributed by atoms with E-state index < -0.39 is 18.8 Å². The van der Waals surface area contributed by atoms with Crippen LogP contribution in [0.3, 0.4) is 0 Å². The molecule has 6 heteroatoms. The Hall–Kier alpha value is -1.04. The Morgan fingerprint density at radius 2 is 2.29 bits per heavy atom. The molecule has 1 heterocycles. The molecule has 0 saturated heterocycles. The Bertz CT molecular complexity index is 357. The highest BCUT2D eigenvalue weighted by Crippen LogP contribution is 2.27. The van der Waals surface area contributed by atoms with E-state index in [0.717, 1.165) is 6.07 Å². The zero-order valence-corrected chi connectivity index (χ0v) is 8.46. The highest BCUT2D eigenvalue weighted by atomic mass is 79.9. The van der Waals surface area contributed by atoms with E-state index in [1.807, 2.05) is 0 Å². The van der Waals surface area contributed by atoms with Gasteiger partial charge in [0.1, 0.15) is 4.60 Å². The van der Waals surface area contributed by atoms with Gasteiger partial charge in [-0.05, 0) is 22.0 Å². The summed E-state index contributed by atoms with van der Waals surface area (Å²) in [5, 5.41) is 8.50. The maximum absolute atomic E-state index is 12.4. The molecule has 0 fully saturated rings. The first-order valence-corrected chi connectivity index (χ1v) is 4.45.